The van der Waals surface area contributed by atoms with Crippen molar-refractivity contribution < 1.29 is 9.59 Å². The average Bonchev–Trinajstić information content (AvgIpc) is 2.72. The SMILES string of the molecule is CNC(=O)CN1C(=O)CSC1c1ccccn1. The molecule has 1 fully saturated rings. The number of nitrogens with one attached hydrogen (secondary N) is 1. The van der Waals surface area contributed by atoms with Crippen LogP contribution in [-0.4, -0.2) is 41.0 Å². The Labute approximate surface area is 104 Å². The summed E-state index contributed by atoms with van der Waals surface area (Å²) in [5.41, 5.74) is 0.812. The van der Waals surface area contributed by atoms with Crippen LogP contribution in [0.4, 0.5) is 0 Å². The third-order valence-corrected chi connectivity index (χ3v) is 3.73. The van der Waals surface area contributed by atoms with Gasteiger partial charge in [-0.05, 0) is 12.1 Å². The highest BCUT2D eigenvalue weighted by Crippen LogP contribution is 2.36. The van der Waals surface area contributed by atoms with Crippen LogP contribution >= 0.6 is 11.8 Å². The second-order valence-corrected chi connectivity index (χ2v) is 4.68. The van der Waals surface area contributed by atoms with Gasteiger partial charge in [-0.25, -0.2) is 0 Å². The smallest absolute Gasteiger partial charge is 0.239 e. The molecule has 90 valence electrons. The fourth-order valence-corrected chi connectivity index (χ4v) is 2.77. The highest BCUT2D eigenvalue weighted by Gasteiger charge is 2.34. The number of rotatable bonds is 3. The van der Waals surface area contributed by atoms with E-state index in [1.807, 2.05) is 18.2 Å². The molecule has 1 atom stereocenters. The largest absolute Gasteiger partial charge is 0.358 e. The average molecular weight is 251 g/mol. The molecule has 1 N–H and O–H groups in total. The number of carbonyl (C=O) groups excluding carboxylic acids is 2. The van der Waals surface area contributed by atoms with Crippen molar-refractivity contribution in [1.82, 2.24) is 15.2 Å². The Bertz CT molecular complexity index is 424. The summed E-state index contributed by atoms with van der Waals surface area (Å²) in [5, 5.41) is 2.37. The van der Waals surface area contributed by atoms with Gasteiger partial charge >= 0.3 is 0 Å². The first-order chi connectivity index (χ1) is 8.22. The summed E-state index contributed by atoms with van der Waals surface area (Å²) >= 11 is 1.50. The molecule has 2 rings (SSSR count). The maximum Gasteiger partial charge on any atom is 0.239 e. The molecule has 0 aromatic carbocycles. The van der Waals surface area contributed by atoms with Crippen molar-refractivity contribution >= 4 is 23.6 Å². The van der Waals surface area contributed by atoms with Gasteiger partial charge in [0.05, 0.1) is 11.4 Å². The van der Waals surface area contributed by atoms with Crippen molar-refractivity contribution in [2.24, 2.45) is 0 Å². The van der Waals surface area contributed by atoms with Gasteiger partial charge < -0.3 is 10.2 Å². The van der Waals surface area contributed by atoms with Crippen LogP contribution in [0.3, 0.4) is 0 Å². The summed E-state index contributed by atoms with van der Waals surface area (Å²) in [6.07, 6.45) is 1.69. The minimum atomic E-state index is -0.165. The molecule has 1 aliphatic heterocycles. The topological polar surface area (TPSA) is 62.3 Å². The highest BCUT2D eigenvalue weighted by molar-refractivity contribution is 8.00. The van der Waals surface area contributed by atoms with E-state index in [2.05, 4.69) is 10.3 Å². The summed E-state index contributed by atoms with van der Waals surface area (Å²) in [6, 6.07) is 5.57. The molecular formula is C11H13N3O2S. The van der Waals surface area contributed by atoms with Crippen LogP contribution in [0.1, 0.15) is 11.1 Å². The number of nitrogens with zero attached hydrogens (tertiary/aromatic N) is 2. The van der Waals surface area contributed by atoms with E-state index in [4.69, 9.17) is 0 Å². The first-order valence-corrected chi connectivity index (χ1v) is 6.30. The molecule has 1 aromatic rings. The third kappa shape index (κ3) is 2.58. The van der Waals surface area contributed by atoms with Gasteiger partial charge in [-0.1, -0.05) is 6.07 Å². The second-order valence-electron chi connectivity index (χ2n) is 3.61. The first kappa shape index (κ1) is 11.9. The minimum absolute atomic E-state index is 0.0192. The van der Waals surface area contributed by atoms with E-state index in [0.717, 1.165) is 5.69 Å². The summed E-state index contributed by atoms with van der Waals surface area (Å²) in [6.45, 7) is 0.0869. The number of amides is 2. The lowest BCUT2D eigenvalue weighted by molar-refractivity contribution is -0.133. The van der Waals surface area contributed by atoms with Crippen LogP contribution in [0, 0.1) is 0 Å². The molecule has 2 heterocycles. The quantitative estimate of drug-likeness (QED) is 0.844. The molecule has 1 aromatic heterocycles. The van der Waals surface area contributed by atoms with Crippen molar-refractivity contribution in [1.29, 1.82) is 0 Å². The zero-order valence-corrected chi connectivity index (χ0v) is 10.2. The van der Waals surface area contributed by atoms with E-state index >= 15 is 0 Å². The van der Waals surface area contributed by atoms with Gasteiger partial charge in [-0.3, -0.25) is 14.6 Å². The normalized spacial score (nSPS) is 19.5. The predicted octanol–water partition coefficient (Wildman–Crippen LogP) is 0.402. The molecule has 0 spiro atoms. The molecule has 2 amide bonds. The van der Waals surface area contributed by atoms with Gasteiger partial charge in [-0.2, -0.15) is 0 Å². The summed E-state index contributed by atoms with van der Waals surface area (Å²) in [5.74, 6) is 0.217. The zero-order chi connectivity index (χ0) is 12.3. The number of carbonyl (C=O) groups is 2. The molecule has 0 radical (unpaired) electrons. The van der Waals surface area contributed by atoms with Gasteiger partial charge in [0.2, 0.25) is 11.8 Å². The molecular weight excluding hydrogens is 238 g/mol. The van der Waals surface area contributed by atoms with Gasteiger partial charge in [0.25, 0.3) is 0 Å². The standard InChI is InChI=1S/C11H13N3O2S/c1-12-9(15)6-14-10(16)7-17-11(14)8-4-2-3-5-13-8/h2-5,11H,6-7H2,1H3,(H,12,15). The van der Waals surface area contributed by atoms with Crippen LogP contribution in [0.5, 0.6) is 0 Å². The Morgan fingerprint density at radius 2 is 2.47 bits per heavy atom. The van der Waals surface area contributed by atoms with Crippen molar-refractivity contribution in [3.8, 4) is 0 Å². The summed E-state index contributed by atoms with van der Waals surface area (Å²) < 4.78 is 0. The first-order valence-electron chi connectivity index (χ1n) is 5.25. The Kier molecular flexibility index (Phi) is 3.63. The molecule has 5 nitrogen and oxygen atoms in total. The number of thioether (sulfide) groups is 1. The molecule has 1 unspecified atom stereocenters. The Morgan fingerprint density at radius 1 is 1.65 bits per heavy atom. The lowest BCUT2D eigenvalue weighted by Gasteiger charge is -2.22. The van der Waals surface area contributed by atoms with Crippen molar-refractivity contribution in [2.75, 3.05) is 19.3 Å². The van der Waals surface area contributed by atoms with E-state index in [1.165, 1.54) is 11.8 Å². The van der Waals surface area contributed by atoms with E-state index in [9.17, 15) is 9.59 Å². The van der Waals surface area contributed by atoms with Crippen molar-refractivity contribution in [3.63, 3.8) is 0 Å². The maximum absolute atomic E-state index is 11.7. The highest BCUT2D eigenvalue weighted by atomic mass is 32.2. The lowest BCUT2D eigenvalue weighted by atomic mass is 10.3. The Balaban J connectivity index is 2.16. The van der Waals surface area contributed by atoms with Gasteiger partial charge in [-0.15, -0.1) is 11.8 Å². The lowest BCUT2D eigenvalue weighted by Crippen LogP contribution is -2.38. The van der Waals surface area contributed by atoms with E-state index in [0.29, 0.717) is 5.75 Å². The fraction of sp³-hybridized carbons (Fsp3) is 0.364. The molecule has 1 aliphatic rings. The van der Waals surface area contributed by atoms with Crippen molar-refractivity contribution in [2.45, 2.75) is 5.37 Å². The van der Waals surface area contributed by atoms with Crippen molar-refractivity contribution in [3.05, 3.63) is 30.1 Å². The van der Waals surface area contributed by atoms with Gasteiger partial charge in [0.1, 0.15) is 11.9 Å². The molecule has 0 aliphatic carbocycles. The molecule has 0 saturated carbocycles. The molecule has 1 saturated heterocycles. The number of hydrogen-bond donors (Lipinski definition) is 1. The Morgan fingerprint density at radius 3 is 3.12 bits per heavy atom. The van der Waals surface area contributed by atoms with E-state index in [-0.39, 0.29) is 23.7 Å². The van der Waals surface area contributed by atoms with Gasteiger partial charge in [0, 0.05) is 13.2 Å². The number of hydrogen-bond acceptors (Lipinski definition) is 4. The third-order valence-electron chi connectivity index (χ3n) is 2.50. The van der Waals surface area contributed by atoms with Crippen LogP contribution < -0.4 is 5.32 Å². The van der Waals surface area contributed by atoms with Crippen LogP contribution in [-0.2, 0) is 9.59 Å². The van der Waals surface area contributed by atoms with Crippen LogP contribution in [0.15, 0.2) is 24.4 Å². The minimum Gasteiger partial charge on any atom is -0.358 e. The number of pyridine rings is 1. The fourth-order valence-electron chi connectivity index (χ4n) is 1.63. The van der Waals surface area contributed by atoms with Crippen LogP contribution in [0.2, 0.25) is 0 Å². The summed E-state index contributed by atoms with van der Waals surface area (Å²) in [7, 11) is 1.56. The zero-order valence-electron chi connectivity index (χ0n) is 9.42. The van der Waals surface area contributed by atoms with E-state index < -0.39 is 0 Å². The monoisotopic (exact) mass is 251 g/mol. The number of aromatic nitrogens is 1. The number of likely N-dealkylation sites (N-methyl/N-ethyl adjacent to an activating group) is 1. The predicted molar refractivity (Wildman–Crippen MR) is 65.2 cm³/mol. The van der Waals surface area contributed by atoms with Crippen LogP contribution in [0.25, 0.3) is 0 Å². The molecule has 17 heavy (non-hydrogen) atoms. The second kappa shape index (κ2) is 5.18. The summed E-state index contributed by atoms with van der Waals surface area (Å²) in [4.78, 5) is 28.9. The maximum atomic E-state index is 11.7. The molecule has 6 heteroatoms. The molecule has 0 bridgehead atoms. The van der Waals surface area contributed by atoms with E-state index in [1.54, 1.807) is 18.1 Å². The van der Waals surface area contributed by atoms with Gasteiger partial charge in [0.15, 0.2) is 0 Å². The Hall–Kier alpha value is -1.56.